The lowest BCUT2D eigenvalue weighted by molar-refractivity contribution is -0.137. The number of rotatable bonds is 11. The Balaban J connectivity index is 1.21. The molecule has 4 aromatic carbocycles. The number of aromatic nitrogens is 1. The monoisotopic (exact) mass is 802 g/mol. The lowest BCUT2D eigenvalue weighted by Gasteiger charge is -2.29. The SMILES string of the molecule is O=C(NCc1cccc(C(F)(F)F)c1)c1ccnc(-c2cc(N3CCCCC3)ccc2NC(=O)c2cccc(CSc3ccc(C(=O)O)c(Br)c3)c2)c1. The van der Waals surface area contributed by atoms with Crippen LogP contribution in [0.2, 0.25) is 0 Å². The van der Waals surface area contributed by atoms with E-state index in [2.05, 4.69) is 36.4 Å². The first-order valence-electron chi connectivity index (χ1n) is 16.8. The van der Waals surface area contributed by atoms with E-state index >= 15 is 0 Å². The highest BCUT2D eigenvalue weighted by Gasteiger charge is 2.30. The van der Waals surface area contributed by atoms with Gasteiger partial charge in [0.15, 0.2) is 0 Å². The number of carboxylic acids is 1. The summed E-state index contributed by atoms with van der Waals surface area (Å²) in [7, 11) is 0. The van der Waals surface area contributed by atoms with E-state index in [9.17, 15) is 32.7 Å². The van der Waals surface area contributed by atoms with Gasteiger partial charge in [-0.3, -0.25) is 14.6 Å². The number of carbonyl (C=O) groups excluding carboxylic acids is 2. The summed E-state index contributed by atoms with van der Waals surface area (Å²) < 4.78 is 40.1. The molecular weight excluding hydrogens is 769 g/mol. The summed E-state index contributed by atoms with van der Waals surface area (Å²) in [5.74, 6) is -1.29. The van der Waals surface area contributed by atoms with E-state index in [1.807, 2.05) is 24.3 Å². The number of thioether (sulfide) groups is 1. The Labute approximate surface area is 317 Å². The van der Waals surface area contributed by atoms with Gasteiger partial charge in [0.25, 0.3) is 11.8 Å². The van der Waals surface area contributed by atoms with Crippen molar-refractivity contribution in [3.05, 3.63) is 141 Å². The molecule has 2 amide bonds. The fraction of sp³-hybridized carbons (Fsp3) is 0.200. The number of nitrogens with one attached hydrogen (secondary N) is 2. The molecule has 13 heteroatoms. The molecule has 1 saturated heterocycles. The van der Waals surface area contributed by atoms with Gasteiger partial charge in [-0.2, -0.15) is 13.2 Å². The third kappa shape index (κ3) is 9.65. The molecule has 0 bridgehead atoms. The van der Waals surface area contributed by atoms with Crippen molar-refractivity contribution in [2.75, 3.05) is 23.3 Å². The van der Waals surface area contributed by atoms with Crippen molar-refractivity contribution in [3.8, 4) is 11.3 Å². The van der Waals surface area contributed by atoms with Gasteiger partial charge in [0, 0.05) is 63.3 Å². The highest BCUT2D eigenvalue weighted by atomic mass is 79.9. The third-order valence-corrected chi connectivity index (χ3v) is 10.5. The second kappa shape index (κ2) is 16.7. The molecule has 0 radical (unpaired) electrons. The fourth-order valence-electron chi connectivity index (χ4n) is 5.99. The quantitative estimate of drug-likeness (QED) is 0.114. The first-order chi connectivity index (χ1) is 25.4. The van der Waals surface area contributed by atoms with Gasteiger partial charge >= 0.3 is 12.1 Å². The number of benzene rings is 4. The van der Waals surface area contributed by atoms with Crippen LogP contribution in [0.3, 0.4) is 0 Å². The first kappa shape index (κ1) is 37.6. The molecule has 1 aliphatic heterocycles. The Morgan fingerprint density at radius 3 is 2.34 bits per heavy atom. The fourth-order valence-corrected chi connectivity index (χ4v) is 7.56. The van der Waals surface area contributed by atoms with Crippen molar-refractivity contribution in [2.45, 2.75) is 42.6 Å². The summed E-state index contributed by atoms with van der Waals surface area (Å²) in [6, 6.07) is 26.0. The normalized spacial score (nSPS) is 13.0. The number of amides is 2. The predicted octanol–water partition coefficient (Wildman–Crippen LogP) is 9.69. The molecule has 1 aromatic heterocycles. The minimum Gasteiger partial charge on any atom is -0.478 e. The Kier molecular flexibility index (Phi) is 11.8. The number of piperidine rings is 1. The van der Waals surface area contributed by atoms with Crippen LogP contribution in [0.1, 0.15) is 67.0 Å². The smallest absolute Gasteiger partial charge is 0.416 e. The van der Waals surface area contributed by atoms with Gasteiger partial charge in [0.2, 0.25) is 0 Å². The molecule has 272 valence electrons. The number of halogens is 4. The maximum atomic E-state index is 13.7. The zero-order valence-corrected chi connectivity index (χ0v) is 30.7. The summed E-state index contributed by atoms with van der Waals surface area (Å²) in [5, 5.41) is 15.0. The first-order valence-corrected chi connectivity index (χ1v) is 18.6. The van der Waals surface area contributed by atoms with Crippen LogP contribution >= 0.6 is 27.7 Å². The Hall–Kier alpha value is -5.14. The number of hydrogen-bond acceptors (Lipinski definition) is 6. The average molecular weight is 804 g/mol. The molecule has 5 aromatic rings. The van der Waals surface area contributed by atoms with E-state index in [1.54, 1.807) is 42.5 Å². The average Bonchev–Trinajstić information content (AvgIpc) is 3.16. The molecule has 3 N–H and O–H groups in total. The van der Waals surface area contributed by atoms with E-state index in [1.165, 1.54) is 36.2 Å². The molecule has 6 rings (SSSR count). The number of aromatic carboxylic acids is 1. The molecule has 8 nitrogen and oxygen atoms in total. The third-order valence-electron chi connectivity index (χ3n) is 8.74. The highest BCUT2D eigenvalue weighted by Crippen LogP contribution is 2.34. The van der Waals surface area contributed by atoms with E-state index in [0.29, 0.717) is 38.3 Å². The zero-order valence-electron chi connectivity index (χ0n) is 28.3. The second-order valence-corrected chi connectivity index (χ2v) is 14.4. The van der Waals surface area contributed by atoms with Gasteiger partial charge in [-0.25, -0.2) is 4.79 Å². The van der Waals surface area contributed by atoms with Crippen molar-refractivity contribution in [2.24, 2.45) is 0 Å². The highest BCUT2D eigenvalue weighted by molar-refractivity contribution is 9.10. The van der Waals surface area contributed by atoms with Gasteiger partial charge < -0.3 is 20.6 Å². The maximum absolute atomic E-state index is 13.7. The molecule has 1 aliphatic rings. The number of nitrogens with zero attached hydrogens (tertiary/aromatic N) is 2. The van der Waals surface area contributed by atoms with Crippen LogP contribution < -0.4 is 15.5 Å². The summed E-state index contributed by atoms with van der Waals surface area (Å²) in [6.45, 7) is 1.68. The molecule has 1 fully saturated rings. The van der Waals surface area contributed by atoms with Crippen molar-refractivity contribution in [1.82, 2.24) is 10.3 Å². The lowest BCUT2D eigenvalue weighted by atomic mass is 10.0. The molecule has 53 heavy (non-hydrogen) atoms. The van der Waals surface area contributed by atoms with Gasteiger partial charge in [0.1, 0.15) is 0 Å². The molecule has 0 atom stereocenters. The van der Waals surface area contributed by atoms with Crippen molar-refractivity contribution < 1.29 is 32.7 Å². The molecule has 2 heterocycles. The molecule has 0 spiro atoms. The topological polar surface area (TPSA) is 112 Å². The van der Waals surface area contributed by atoms with Crippen molar-refractivity contribution in [1.29, 1.82) is 0 Å². The van der Waals surface area contributed by atoms with Gasteiger partial charge in [-0.15, -0.1) is 11.8 Å². The summed E-state index contributed by atoms with van der Waals surface area (Å²) in [5.41, 5.74) is 3.79. The number of pyridine rings is 1. The van der Waals surface area contributed by atoms with E-state index in [-0.39, 0.29) is 23.6 Å². The predicted molar refractivity (Wildman–Crippen MR) is 203 cm³/mol. The Bertz CT molecular complexity index is 2160. The molecule has 0 saturated carbocycles. The summed E-state index contributed by atoms with van der Waals surface area (Å²) in [6.07, 6.45) is 0.278. The minimum atomic E-state index is -4.49. The number of carbonyl (C=O) groups is 3. The van der Waals surface area contributed by atoms with Crippen molar-refractivity contribution in [3.63, 3.8) is 0 Å². The Morgan fingerprint density at radius 2 is 1.58 bits per heavy atom. The lowest BCUT2D eigenvalue weighted by Crippen LogP contribution is -2.29. The largest absolute Gasteiger partial charge is 0.478 e. The molecular formula is C40H34BrF3N4O4S. The summed E-state index contributed by atoms with van der Waals surface area (Å²) in [4.78, 5) is 46.0. The van der Waals surface area contributed by atoms with Crippen LogP contribution in [0.25, 0.3) is 11.3 Å². The van der Waals surface area contributed by atoms with Gasteiger partial charge in [-0.1, -0.05) is 24.3 Å². The van der Waals surface area contributed by atoms with Gasteiger partial charge in [0.05, 0.1) is 22.5 Å². The number of hydrogen-bond donors (Lipinski definition) is 3. The van der Waals surface area contributed by atoms with Gasteiger partial charge in [-0.05, 0) is 119 Å². The summed E-state index contributed by atoms with van der Waals surface area (Å²) >= 11 is 4.82. The second-order valence-electron chi connectivity index (χ2n) is 12.5. The standard InChI is InChI=1S/C40H34BrF3N4O4S/c41-34-22-31(11-12-32(34)39(51)52)53-24-26-7-4-8-27(18-26)38(50)47-35-13-10-30(48-16-2-1-3-17-48)21-33(35)36-20-28(14-15-45-36)37(49)46-23-25-6-5-9-29(19-25)40(42,43)44/h4-15,18-22H,1-3,16-17,23-24H2,(H,46,49)(H,47,50)(H,51,52). The number of carboxylic acid groups (broad SMARTS) is 1. The Morgan fingerprint density at radius 1 is 0.830 bits per heavy atom. The number of anilines is 2. The van der Waals surface area contributed by atoms with Crippen LogP contribution in [-0.4, -0.2) is 41.0 Å². The van der Waals surface area contributed by atoms with Crippen LogP contribution in [0.15, 0.2) is 113 Å². The van der Waals surface area contributed by atoms with E-state index < -0.39 is 23.6 Å². The van der Waals surface area contributed by atoms with E-state index in [0.717, 1.165) is 60.6 Å². The molecule has 0 unspecified atom stereocenters. The molecule has 0 aliphatic carbocycles. The van der Waals surface area contributed by atoms with Crippen molar-refractivity contribution >= 4 is 56.9 Å². The minimum absolute atomic E-state index is 0.0989. The zero-order chi connectivity index (χ0) is 37.5. The van der Waals surface area contributed by atoms with Crippen LogP contribution in [0.4, 0.5) is 24.5 Å². The van der Waals surface area contributed by atoms with Crippen LogP contribution in [0, 0.1) is 0 Å². The number of alkyl halides is 3. The maximum Gasteiger partial charge on any atom is 0.416 e. The van der Waals surface area contributed by atoms with Crippen LogP contribution in [0.5, 0.6) is 0 Å². The van der Waals surface area contributed by atoms with Crippen LogP contribution in [-0.2, 0) is 18.5 Å². The van der Waals surface area contributed by atoms with E-state index in [4.69, 9.17) is 0 Å².